The third-order valence-corrected chi connectivity index (χ3v) is 8.35. The van der Waals surface area contributed by atoms with Crippen LogP contribution in [0.2, 0.25) is 10.0 Å². The van der Waals surface area contributed by atoms with Crippen LogP contribution in [-0.4, -0.2) is 36.5 Å². The summed E-state index contributed by atoms with van der Waals surface area (Å²) in [6.45, 7) is -0.0801. The molecular weight excluding hydrogens is 443 g/mol. The van der Waals surface area contributed by atoms with Gasteiger partial charge in [0.25, 0.3) is 0 Å². The minimum absolute atomic E-state index is 0.0710. The second-order valence-electron chi connectivity index (χ2n) is 7.80. The van der Waals surface area contributed by atoms with Crippen molar-refractivity contribution in [3.8, 4) is 0 Å². The molecule has 2 aromatic rings. The van der Waals surface area contributed by atoms with Crippen LogP contribution in [0.1, 0.15) is 50.1 Å². The second-order valence-corrected chi connectivity index (χ2v) is 10.5. The van der Waals surface area contributed by atoms with E-state index in [0.717, 1.165) is 44.1 Å². The highest BCUT2D eigenvalue weighted by Gasteiger charge is 2.35. The highest BCUT2D eigenvalue weighted by Crippen LogP contribution is 2.31. The average molecular weight is 471 g/mol. The Morgan fingerprint density at radius 2 is 1.63 bits per heavy atom. The maximum Gasteiger partial charge on any atom is 0.243 e. The molecule has 0 amide bonds. The molecule has 1 saturated carbocycles. The van der Waals surface area contributed by atoms with Crippen molar-refractivity contribution in [2.75, 3.05) is 6.54 Å². The van der Waals surface area contributed by atoms with Gasteiger partial charge in [-0.05, 0) is 36.6 Å². The van der Waals surface area contributed by atoms with Crippen LogP contribution >= 0.6 is 23.2 Å². The Morgan fingerprint density at radius 3 is 2.23 bits per heavy atom. The van der Waals surface area contributed by atoms with E-state index in [0.29, 0.717) is 5.02 Å². The fraction of sp³-hybridized carbons (Fsp3) is 0.455. The SMILES string of the molecule is N[C@@H](c1ccccc1)[C@@H](O)CN(C1CCCCCC1)S(=O)(=O)c1ccc(Cl)c(Cl)c1. The van der Waals surface area contributed by atoms with E-state index in [2.05, 4.69) is 0 Å². The Labute approximate surface area is 188 Å². The molecule has 2 atom stereocenters. The number of hydrogen-bond acceptors (Lipinski definition) is 4. The van der Waals surface area contributed by atoms with Crippen LogP contribution in [0.5, 0.6) is 0 Å². The molecule has 8 heteroatoms. The number of rotatable bonds is 7. The van der Waals surface area contributed by atoms with E-state index in [9.17, 15) is 13.5 Å². The zero-order valence-corrected chi connectivity index (χ0v) is 19.1. The Bertz CT molecular complexity index is 933. The van der Waals surface area contributed by atoms with E-state index in [4.69, 9.17) is 28.9 Å². The van der Waals surface area contributed by atoms with Crippen LogP contribution in [0.4, 0.5) is 0 Å². The first-order valence-corrected chi connectivity index (χ1v) is 12.5. The van der Waals surface area contributed by atoms with Crippen LogP contribution in [0.3, 0.4) is 0 Å². The lowest BCUT2D eigenvalue weighted by Gasteiger charge is -2.33. The molecule has 30 heavy (non-hydrogen) atoms. The van der Waals surface area contributed by atoms with Crippen LogP contribution in [0, 0.1) is 0 Å². The lowest BCUT2D eigenvalue weighted by atomic mass is 10.0. The van der Waals surface area contributed by atoms with Crippen molar-refractivity contribution in [2.24, 2.45) is 5.73 Å². The Balaban J connectivity index is 1.92. The molecule has 1 fully saturated rings. The first kappa shape index (κ1) is 23.5. The standard InChI is InChI=1S/C22H28Cl2N2O3S/c23-19-13-12-18(14-20(19)24)30(28,29)26(17-10-6-1-2-7-11-17)15-21(27)22(25)16-8-4-3-5-9-16/h3-5,8-9,12-14,17,21-22,27H,1-2,6-7,10-11,15,25H2/t21-,22-/m0/s1. The largest absolute Gasteiger partial charge is 0.390 e. The van der Waals surface area contributed by atoms with E-state index in [1.54, 1.807) is 0 Å². The number of halogens is 2. The summed E-state index contributed by atoms with van der Waals surface area (Å²) in [6.07, 6.45) is 4.56. The van der Waals surface area contributed by atoms with Crippen molar-refractivity contribution in [2.45, 2.75) is 61.6 Å². The summed E-state index contributed by atoms with van der Waals surface area (Å²) in [5, 5.41) is 11.3. The van der Waals surface area contributed by atoms with E-state index < -0.39 is 22.2 Å². The molecule has 0 aromatic heterocycles. The maximum atomic E-state index is 13.6. The van der Waals surface area contributed by atoms with Crippen molar-refractivity contribution < 1.29 is 13.5 Å². The van der Waals surface area contributed by atoms with Crippen molar-refractivity contribution in [3.05, 3.63) is 64.1 Å². The van der Waals surface area contributed by atoms with Gasteiger partial charge in [0.1, 0.15) is 0 Å². The maximum absolute atomic E-state index is 13.6. The first-order valence-electron chi connectivity index (χ1n) is 10.3. The minimum atomic E-state index is -3.89. The van der Waals surface area contributed by atoms with Gasteiger partial charge in [-0.3, -0.25) is 0 Å². The predicted molar refractivity (Wildman–Crippen MR) is 121 cm³/mol. The Morgan fingerprint density at radius 1 is 1.00 bits per heavy atom. The molecule has 0 unspecified atom stereocenters. The molecule has 164 valence electrons. The molecule has 1 aliphatic rings. The molecule has 0 bridgehead atoms. The van der Waals surface area contributed by atoms with Crippen molar-refractivity contribution >= 4 is 33.2 Å². The predicted octanol–water partition coefficient (Wildman–Crippen LogP) is 4.77. The molecule has 0 radical (unpaired) electrons. The topological polar surface area (TPSA) is 83.6 Å². The fourth-order valence-corrected chi connectivity index (χ4v) is 6.05. The van der Waals surface area contributed by atoms with Gasteiger partial charge < -0.3 is 10.8 Å². The quantitative estimate of drug-likeness (QED) is 0.570. The van der Waals surface area contributed by atoms with Crippen molar-refractivity contribution in [1.29, 1.82) is 0 Å². The van der Waals surface area contributed by atoms with Gasteiger partial charge in [-0.2, -0.15) is 4.31 Å². The number of nitrogens with zero attached hydrogens (tertiary/aromatic N) is 1. The van der Waals surface area contributed by atoms with E-state index in [1.807, 2.05) is 30.3 Å². The molecule has 2 aromatic carbocycles. The molecule has 3 rings (SSSR count). The molecule has 0 spiro atoms. The van der Waals surface area contributed by atoms with Gasteiger partial charge in [0, 0.05) is 12.6 Å². The highest BCUT2D eigenvalue weighted by atomic mass is 35.5. The third kappa shape index (κ3) is 5.55. The van der Waals surface area contributed by atoms with Gasteiger partial charge in [-0.1, -0.05) is 79.2 Å². The van der Waals surface area contributed by atoms with Crippen LogP contribution in [0.15, 0.2) is 53.4 Å². The Hall–Kier alpha value is -1.15. The number of aliphatic hydroxyl groups is 1. The molecule has 0 heterocycles. The summed E-state index contributed by atoms with van der Waals surface area (Å²) in [5.41, 5.74) is 7.02. The molecule has 0 aliphatic heterocycles. The fourth-order valence-electron chi connectivity index (χ4n) is 3.96. The molecule has 5 nitrogen and oxygen atoms in total. The lowest BCUT2D eigenvalue weighted by molar-refractivity contribution is 0.105. The summed E-state index contributed by atoms with van der Waals surface area (Å²) in [7, 11) is -3.89. The third-order valence-electron chi connectivity index (χ3n) is 5.70. The van der Waals surface area contributed by atoms with Gasteiger partial charge >= 0.3 is 0 Å². The second kappa shape index (κ2) is 10.4. The Kier molecular flexibility index (Phi) is 8.18. The number of nitrogens with two attached hydrogens (primary N) is 1. The summed E-state index contributed by atoms with van der Waals surface area (Å²) in [4.78, 5) is 0.0710. The lowest BCUT2D eigenvalue weighted by Crippen LogP contribution is -2.47. The highest BCUT2D eigenvalue weighted by molar-refractivity contribution is 7.89. The van der Waals surface area contributed by atoms with Crippen LogP contribution in [-0.2, 0) is 10.0 Å². The van der Waals surface area contributed by atoms with Gasteiger partial charge in [0.05, 0.1) is 27.1 Å². The van der Waals surface area contributed by atoms with E-state index in [-0.39, 0.29) is 22.5 Å². The van der Waals surface area contributed by atoms with Gasteiger partial charge in [0.15, 0.2) is 0 Å². The van der Waals surface area contributed by atoms with Crippen LogP contribution in [0.25, 0.3) is 0 Å². The molecule has 1 aliphatic carbocycles. The zero-order valence-electron chi connectivity index (χ0n) is 16.8. The summed E-state index contributed by atoms with van der Waals surface area (Å²) in [5.74, 6) is 0. The summed E-state index contributed by atoms with van der Waals surface area (Å²) in [6, 6.07) is 12.6. The number of sulfonamides is 1. The van der Waals surface area contributed by atoms with E-state index in [1.165, 1.54) is 22.5 Å². The van der Waals surface area contributed by atoms with Gasteiger partial charge in [0.2, 0.25) is 10.0 Å². The number of aliphatic hydroxyl groups excluding tert-OH is 1. The summed E-state index contributed by atoms with van der Waals surface area (Å²) >= 11 is 12.1. The monoisotopic (exact) mass is 470 g/mol. The van der Waals surface area contributed by atoms with Gasteiger partial charge in [-0.15, -0.1) is 0 Å². The molecular formula is C22H28Cl2N2O3S. The first-order chi connectivity index (χ1) is 14.3. The molecule has 3 N–H and O–H groups in total. The average Bonchev–Trinajstić information content (AvgIpc) is 3.03. The van der Waals surface area contributed by atoms with Crippen molar-refractivity contribution in [1.82, 2.24) is 4.31 Å². The normalized spacial score (nSPS) is 18.2. The smallest absolute Gasteiger partial charge is 0.243 e. The van der Waals surface area contributed by atoms with Crippen LogP contribution < -0.4 is 5.73 Å². The van der Waals surface area contributed by atoms with Crippen molar-refractivity contribution in [3.63, 3.8) is 0 Å². The van der Waals surface area contributed by atoms with Gasteiger partial charge in [-0.25, -0.2) is 8.42 Å². The zero-order chi connectivity index (χ0) is 21.7. The molecule has 0 saturated heterocycles. The minimum Gasteiger partial charge on any atom is -0.390 e. The summed E-state index contributed by atoms with van der Waals surface area (Å²) < 4.78 is 28.6. The number of benzene rings is 2. The number of hydrogen-bond donors (Lipinski definition) is 2. The van der Waals surface area contributed by atoms with E-state index >= 15 is 0 Å².